The third-order valence-electron chi connectivity index (χ3n) is 2.54. The fourth-order valence-corrected chi connectivity index (χ4v) is 2.57. The van der Waals surface area contributed by atoms with E-state index in [-0.39, 0.29) is 11.8 Å². The Kier molecular flexibility index (Phi) is 4.56. The third kappa shape index (κ3) is 3.44. The topological polar surface area (TPSA) is 51.2 Å². The second-order valence-electron chi connectivity index (χ2n) is 3.64. The Hall–Kier alpha value is -0.120. The van der Waals surface area contributed by atoms with Crippen molar-refractivity contribution in [2.24, 2.45) is 11.8 Å². The SMILES string of the molecule is O=C(Cl)C(=O)[C@H]1CC(C(=O)Cl)C[C@@H](Cl)C1. The molecule has 0 N–H and O–H groups in total. The molecule has 0 amide bonds. The van der Waals surface area contributed by atoms with E-state index >= 15 is 0 Å². The molecule has 0 aromatic carbocycles. The minimum atomic E-state index is -1.01. The summed E-state index contributed by atoms with van der Waals surface area (Å²) < 4.78 is 0. The Balaban J connectivity index is 2.71. The molecule has 1 aliphatic carbocycles. The van der Waals surface area contributed by atoms with E-state index in [0.29, 0.717) is 12.8 Å². The predicted molar refractivity (Wildman–Crippen MR) is 57.2 cm³/mol. The van der Waals surface area contributed by atoms with Crippen molar-refractivity contribution in [2.45, 2.75) is 24.6 Å². The van der Waals surface area contributed by atoms with Crippen LogP contribution in [0.4, 0.5) is 0 Å². The van der Waals surface area contributed by atoms with Crippen molar-refractivity contribution in [1.82, 2.24) is 0 Å². The number of hydrogen-bond donors (Lipinski definition) is 0. The van der Waals surface area contributed by atoms with E-state index in [9.17, 15) is 14.4 Å². The lowest BCUT2D eigenvalue weighted by Gasteiger charge is -2.28. The molecule has 3 atom stereocenters. The number of Topliss-reactive ketones (excluding diaryl/α,β-unsaturated/α-hetero) is 1. The Morgan fingerprint density at radius 1 is 0.933 bits per heavy atom. The van der Waals surface area contributed by atoms with Crippen LogP contribution in [0.25, 0.3) is 0 Å². The van der Waals surface area contributed by atoms with Crippen LogP contribution in [0.15, 0.2) is 0 Å². The number of ketones is 1. The zero-order valence-electron chi connectivity index (χ0n) is 7.71. The van der Waals surface area contributed by atoms with Crippen molar-refractivity contribution in [2.75, 3.05) is 0 Å². The molecule has 0 aromatic rings. The summed E-state index contributed by atoms with van der Waals surface area (Å²) in [4.78, 5) is 33.0. The van der Waals surface area contributed by atoms with Gasteiger partial charge in [-0.05, 0) is 42.5 Å². The average Bonchev–Trinajstić information content (AvgIpc) is 2.15. The average molecular weight is 272 g/mol. The molecule has 0 radical (unpaired) electrons. The summed E-state index contributed by atoms with van der Waals surface area (Å²) in [5, 5.41) is -1.83. The zero-order valence-corrected chi connectivity index (χ0v) is 9.98. The maximum Gasteiger partial charge on any atom is 0.288 e. The summed E-state index contributed by atoms with van der Waals surface area (Å²) in [5.74, 6) is -1.70. The Morgan fingerprint density at radius 3 is 1.93 bits per heavy atom. The molecule has 0 saturated heterocycles. The van der Waals surface area contributed by atoms with Gasteiger partial charge in [0.05, 0.1) is 0 Å². The molecule has 0 bridgehead atoms. The Bertz CT molecular complexity index is 303. The minimum absolute atomic E-state index is 0.267. The van der Waals surface area contributed by atoms with Gasteiger partial charge in [0.15, 0.2) is 0 Å². The van der Waals surface area contributed by atoms with E-state index in [4.69, 9.17) is 34.8 Å². The van der Waals surface area contributed by atoms with Gasteiger partial charge in [-0.3, -0.25) is 14.4 Å². The molecule has 1 fully saturated rings. The molecule has 0 spiro atoms. The third-order valence-corrected chi connectivity index (χ3v) is 3.39. The van der Waals surface area contributed by atoms with Crippen LogP contribution in [0.2, 0.25) is 0 Å². The molecule has 1 unspecified atom stereocenters. The van der Waals surface area contributed by atoms with Gasteiger partial charge in [0.25, 0.3) is 5.24 Å². The smallest absolute Gasteiger partial charge is 0.288 e. The van der Waals surface area contributed by atoms with Crippen LogP contribution in [0.5, 0.6) is 0 Å². The molecule has 84 valence electrons. The zero-order chi connectivity index (χ0) is 11.6. The summed E-state index contributed by atoms with van der Waals surface area (Å²) >= 11 is 16.3. The monoisotopic (exact) mass is 270 g/mol. The first-order valence-corrected chi connectivity index (χ1v) is 5.68. The molecular formula is C9H9Cl3O3. The van der Waals surface area contributed by atoms with Crippen molar-refractivity contribution in [1.29, 1.82) is 0 Å². The molecular weight excluding hydrogens is 262 g/mol. The highest BCUT2D eigenvalue weighted by molar-refractivity contribution is 6.81. The van der Waals surface area contributed by atoms with Gasteiger partial charge in [0, 0.05) is 17.2 Å². The maximum atomic E-state index is 11.3. The number of carbonyl (C=O) groups is 3. The van der Waals surface area contributed by atoms with Gasteiger partial charge in [-0.2, -0.15) is 0 Å². The van der Waals surface area contributed by atoms with E-state index in [0.717, 1.165) is 0 Å². The lowest BCUT2D eigenvalue weighted by atomic mass is 9.80. The summed E-state index contributed by atoms with van der Waals surface area (Å²) in [6.07, 6.45) is 1.09. The Morgan fingerprint density at radius 2 is 1.47 bits per heavy atom. The van der Waals surface area contributed by atoms with Crippen LogP contribution in [0, 0.1) is 11.8 Å². The predicted octanol–water partition coefficient (Wildman–Crippen LogP) is 2.11. The quantitative estimate of drug-likeness (QED) is 0.449. The number of carbonyl (C=O) groups excluding carboxylic acids is 3. The molecule has 0 aromatic heterocycles. The van der Waals surface area contributed by atoms with Gasteiger partial charge in [-0.15, -0.1) is 11.6 Å². The van der Waals surface area contributed by atoms with Crippen LogP contribution >= 0.6 is 34.8 Å². The normalized spacial score (nSPS) is 31.0. The lowest BCUT2D eigenvalue weighted by Crippen LogP contribution is -2.33. The molecule has 1 rings (SSSR count). The summed E-state index contributed by atoms with van der Waals surface area (Å²) in [6.45, 7) is 0. The second kappa shape index (κ2) is 5.28. The van der Waals surface area contributed by atoms with Gasteiger partial charge in [0.1, 0.15) is 0 Å². The molecule has 0 heterocycles. The standard InChI is InChI=1S/C9H9Cl3O3/c10-6-2-4(7(13)9(12)15)1-5(3-6)8(11)14/h4-6H,1-3H2/t4-,5?,6-/m0/s1. The second-order valence-corrected chi connectivity index (χ2v) is 4.97. The number of alkyl halides is 1. The molecule has 1 aliphatic rings. The molecule has 6 heteroatoms. The Labute approximate surface area is 102 Å². The molecule has 1 saturated carbocycles. The summed E-state index contributed by atoms with van der Waals surface area (Å²) in [7, 11) is 0. The lowest BCUT2D eigenvalue weighted by molar-refractivity contribution is -0.136. The largest absolute Gasteiger partial charge is 0.289 e. The van der Waals surface area contributed by atoms with Crippen LogP contribution in [0.3, 0.4) is 0 Å². The molecule has 15 heavy (non-hydrogen) atoms. The van der Waals surface area contributed by atoms with E-state index in [1.165, 1.54) is 0 Å². The molecule has 0 aliphatic heterocycles. The number of halogens is 3. The summed E-state index contributed by atoms with van der Waals surface area (Å²) in [6, 6.07) is 0. The fourth-order valence-electron chi connectivity index (χ4n) is 1.81. The van der Waals surface area contributed by atoms with Gasteiger partial charge in [-0.1, -0.05) is 0 Å². The van der Waals surface area contributed by atoms with Crippen LogP contribution in [-0.2, 0) is 14.4 Å². The fraction of sp³-hybridized carbons (Fsp3) is 0.667. The highest BCUT2D eigenvalue weighted by Crippen LogP contribution is 2.34. The van der Waals surface area contributed by atoms with Crippen LogP contribution in [0.1, 0.15) is 19.3 Å². The highest BCUT2D eigenvalue weighted by Gasteiger charge is 2.36. The maximum absolute atomic E-state index is 11.3. The van der Waals surface area contributed by atoms with Gasteiger partial charge in [-0.25, -0.2) is 0 Å². The van der Waals surface area contributed by atoms with Crippen LogP contribution in [-0.4, -0.2) is 21.6 Å². The van der Waals surface area contributed by atoms with Gasteiger partial charge >= 0.3 is 0 Å². The first-order valence-electron chi connectivity index (χ1n) is 4.49. The van der Waals surface area contributed by atoms with E-state index in [1.54, 1.807) is 0 Å². The van der Waals surface area contributed by atoms with Crippen molar-refractivity contribution >= 4 is 51.1 Å². The van der Waals surface area contributed by atoms with Crippen LogP contribution < -0.4 is 0 Å². The van der Waals surface area contributed by atoms with Crippen molar-refractivity contribution in [3.63, 3.8) is 0 Å². The first-order chi connectivity index (χ1) is 6.91. The molecule has 3 nitrogen and oxygen atoms in total. The summed E-state index contributed by atoms with van der Waals surface area (Å²) in [5.41, 5.74) is 0. The van der Waals surface area contributed by atoms with Crippen molar-refractivity contribution in [3.05, 3.63) is 0 Å². The van der Waals surface area contributed by atoms with E-state index < -0.39 is 28.1 Å². The van der Waals surface area contributed by atoms with Crippen molar-refractivity contribution < 1.29 is 14.4 Å². The van der Waals surface area contributed by atoms with E-state index in [2.05, 4.69) is 0 Å². The first kappa shape index (κ1) is 12.9. The van der Waals surface area contributed by atoms with Gasteiger partial charge in [0.2, 0.25) is 11.0 Å². The number of hydrogen-bond acceptors (Lipinski definition) is 3. The van der Waals surface area contributed by atoms with Crippen molar-refractivity contribution in [3.8, 4) is 0 Å². The highest BCUT2D eigenvalue weighted by atomic mass is 35.5. The van der Waals surface area contributed by atoms with E-state index in [1.807, 2.05) is 0 Å². The van der Waals surface area contributed by atoms with Gasteiger partial charge < -0.3 is 0 Å². The minimum Gasteiger partial charge on any atom is -0.289 e. The number of rotatable bonds is 3.